The van der Waals surface area contributed by atoms with Crippen LogP contribution in [0.25, 0.3) is 10.9 Å². The third kappa shape index (κ3) is 4.35. The Labute approximate surface area is 162 Å². The van der Waals surface area contributed by atoms with Gasteiger partial charge in [0.15, 0.2) is 0 Å². The van der Waals surface area contributed by atoms with Crippen molar-refractivity contribution in [3.05, 3.63) is 30.0 Å². The highest BCUT2D eigenvalue weighted by Gasteiger charge is 2.43. The number of benzene rings is 1. The Kier molecular flexibility index (Phi) is 5.12. The van der Waals surface area contributed by atoms with E-state index in [1.165, 1.54) is 12.5 Å². The molecule has 0 bridgehead atoms. The summed E-state index contributed by atoms with van der Waals surface area (Å²) < 4.78 is 37.8. The van der Waals surface area contributed by atoms with Gasteiger partial charge in [0.05, 0.1) is 12.2 Å². The lowest BCUT2D eigenvalue weighted by Gasteiger charge is -2.20. The summed E-state index contributed by atoms with van der Waals surface area (Å²) in [5.74, 6) is 1.35. The second-order valence-corrected chi connectivity index (χ2v) is 8.47. The van der Waals surface area contributed by atoms with Crippen molar-refractivity contribution in [1.29, 1.82) is 0 Å². The number of alkyl halides is 3. The van der Waals surface area contributed by atoms with Gasteiger partial charge in [-0.25, -0.2) is 0 Å². The van der Waals surface area contributed by atoms with E-state index in [-0.39, 0.29) is 5.91 Å². The third-order valence-corrected chi connectivity index (χ3v) is 6.23. The summed E-state index contributed by atoms with van der Waals surface area (Å²) in [7, 11) is 0. The number of nitrogens with zero attached hydrogens (tertiary/aromatic N) is 1. The van der Waals surface area contributed by atoms with Gasteiger partial charge in [-0.3, -0.25) is 9.69 Å². The second-order valence-electron chi connectivity index (χ2n) is 8.47. The van der Waals surface area contributed by atoms with Gasteiger partial charge in [-0.05, 0) is 61.1 Å². The van der Waals surface area contributed by atoms with Crippen LogP contribution in [-0.4, -0.2) is 41.6 Å². The van der Waals surface area contributed by atoms with E-state index in [0.717, 1.165) is 42.3 Å². The lowest BCUT2D eigenvalue weighted by molar-refractivity contribution is -0.144. The molecule has 1 saturated heterocycles. The number of H-pyrrole nitrogens is 1. The quantitative estimate of drug-likeness (QED) is 0.781. The number of hydrogen-bond donors (Lipinski definition) is 2. The molecule has 2 fully saturated rings. The molecule has 2 aliphatic rings. The molecule has 152 valence electrons. The van der Waals surface area contributed by atoms with E-state index in [9.17, 15) is 18.0 Å². The largest absolute Gasteiger partial charge is 0.401 e. The van der Waals surface area contributed by atoms with Crippen molar-refractivity contribution < 1.29 is 18.0 Å². The zero-order valence-electron chi connectivity index (χ0n) is 16.0. The molecule has 2 N–H and O–H groups in total. The Hall–Kier alpha value is -2.02. The first-order valence-electron chi connectivity index (χ1n) is 9.93. The SMILES string of the molecule is CC(=O)Nc1c[nH]c2ccc(CCC3C[C@@H]4CN(CC(F)(F)F)C[C@@H]4C3)cc12. The fourth-order valence-electron chi connectivity index (χ4n) is 5.13. The summed E-state index contributed by atoms with van der Waals surface area (Å²) in [4.78, 5) is 16.1. The number of anilines is 1. The first-order valence-corrected chi connectivity index (χ1v) is 9.93. The number of nitrogens with one attached hydrogen (secondary N) is 2. The molecule has 0 spiro atoms. The van der Waals surface area contributed by atoms with Crippen LogP contribution in [0, 0.1) is 17.8 Å². The third-order valence-electron chi connectivity index (χ3n) is 6.23. The predicted molar refractivity (Wildman–Crippen MR) is 103 cm³/mol. The number of fused-ring (bicyclic) bond motifs is 2. The highest BCUT2D eigenvalue weighted by Crippen LogP contribution is 2.43. The summed E-state index contributed by atoms with van der Waals surface area (Å²) in [6, 6.07) is 6.27. The summed E-state index contributed by atoms with van der Waals surface area (Å²) >= 11 is 0. The van der Waals surface area contributed by atoms with Gasteiger partial charge in [0.2, 0.25) is 5.91 Å². The molecule has 4 rings (SSSR count). The monoisotopic (exact) mass is 393 g/mol. The molecule has 3 atom stereocenters. The molecule has 2 heterocycles. The lowest BCUT2D eigenvalue weighted by Crippen LogP contribution is -2.33. The molecule has 1 unspecified atom stereocenters. The minimum absolute atomic E-state index is 0.0941. The smallest absolute Gasteiger partial charge is 0.359 e. The van der Waals surface area contributed by atoms with Crippen molar-refractivity contribution in [2.24, 2.45) is 17.8 Å². The van der Waals surface area contributed by atoms with E-state index >= 15 is 0 Å². The van der Waals surface area contributed by atoms with Crippen LogP contribution in [0.3, 0.4) is 0 Å². The van der Waals surface area contributed by atoms with Crippen molar-refractivity contribution in [2.45, 2.75) is 38.8 Å². The van der Waals surface area contributed by atoms with Crippen LogP contribution in [-0.2, 0) is 11.2 Å². The Morgan fingerprint density at radius 3 is 2.61 bits per heavy atom. The van der Waals surface area contributed by atoms with E-state index in [0.29, 0.717) is 30.8 Å². The summed E-state index contributed by atoms with van der Waals surface area (Å²) in [6.45, 7) is 1.92. The van der Waals surface area contributed by atoms with Gasteiger partial charge in [0.1, 0.15) is 0 Å². The second kappa shape index (κ2) is 7.43. The van der Waals surface area contributed by atoms with Gasteiger partial charge >= 0.3 is 6.18 Å². The van der Waals surface area contributed by atoms with E-state index < -0.39 is 12.7 Å². The van der Waals surface area contributed by atoms with Gasteiger partial charge in [-0.2, -0.15) is 13.2 Å². The average Bonchev–Trinajstić information content (AvgIpc) is 3.24. The van der Waals surface area contributed by atoms with Crippen molar-refractivity contribution >= 4 is 22.5 Å². The normalized spacial score (nSPS) is 25.4. The number of aromatic nitrogens is 1. The van der Waals surface area contributed by atoms with Crippen molar-refractivity contribution in [2.75, 3.05) is 25.0 Å². The Morgan fingerprint density at radius 2 is 1.96 bits per heavy atom. The maximum atomic E-state index is 12.6. The molecule has 7 heteroatoms. The van der Waals surface area contributed by atoms with Crippen LogP contribution in [0.4, 0.5) is 18.9 Å². The number of aromatic amines is 1. The zero-order valence-corrected chi connectivity index (χ0v) is 16.0. The molecule has 1 saturated carbocycles. The number of likely N-dealkylation sites (tertiary alicyclic amines) is 1. The fraction of sp³-hybridized carbons (Fsp3) is 0.571. The van der Waals surface area contributed by atoms with E-state index in [1.807, 2.05) is 6.07 Å². The van der Waals surface area contributed by atoms with Crippen molar-refractivity contribution in [3.8, 4) is 0 Å². The number of carbonyl (C=O) groups is 1. The van der Waals surface area contributed by atoms with E-state index in [4.69, 9.17) is 0 Å². The summed E-state index contributed by atoms with van der Waals surface area (Å²) in [5, 5.41) is 3.86. The number of aryl methyl sites for hydroxylation is 1. The lowest BCUT2D eigenvalue weighted by atomic mass is 9.96. The number of rotatable bonds is 5. The van der Waals surface area contributed by atoms with Crippen LogP contribution in [0.5, 0.6) is 0 Å². The molecule has 1 aromatic heterocycles. The van der Waals surface area contributed by atoms with E-state index in [2.05, 4.69) is 22.4 Å². The molecule has 1 aromatic carbocycles. The van der Waals surface area contributed by atoms with Crippen LogP contribution < -0.4 is 5.32 Å². The molecular formula is C21H26F3N3O. The van der Waals surface area contributed by atoms with Gasteiger partial charge in [0, 0.05) is 37.1 Å². The van der Waals surface area contributed by atoms with Crippen molar-refractivity contribution in [1.82, 2.24) is 9.88 Å². The Bertz CT molecular complexity index is 846. The Balaban J connectivity index is 1.32. The molecule has 0 radical (unpaired) electrons. The summed E-state index contributed by atoms with van der Waals surface area (Å²) in [5.41, 5.74) is 3.02. The first kappa shape index (κ1) is 19.3. The molecule has 1 aliphatic carbocycles. The number of amides is 1. The molecule has 1 amide bonds. The highest BCUT2D eigenvalue weighted by molar-refractivity contribution is 6.01. The Morgan fingerprint density at radius 1 is 1.25 bits per heavy atom. The van der Waals surface area contributed by atoms with Gasteiger partial charge in [-0.1, -0.05) is 6.07 Å². The fourth-order valence-corrected chi connectivity index (χ4v) is 5.13. The minimum Gasteiger partial charge on any atom is -0.359 e. The maximum Gasteiger partial charge on any atom is 0.401 e. The standard InChI is InChI=1S/C21H26F3N3O/c1-13(28)26-20-9-25-19-5-4-14(8-18(19)20)2-3-15-6-16-10-27(11-17(16)7-15)12-21(22,23)24/h4-5,8-9,15-17,25H,2-3,6-7,10-12H2,1H3,(H,26,28)/t15?,16-,17+. The van der Waals surface area contributed by atoms with Crippen molar-refractivity contribution in [3.63, 3.8) is 0 Å². The predicted octanol–water partition coefficient (Wildman–Crippen LogP) is 4.58. The molecule has 4 nitrogen and oxygen atoms in total. The topological polar surface area (TPSA) is 48.1 Å². The minimum atomic E-state index is -4.09. The molecule has 2 aromatic rings. The van der Waals surface area contributed by atoms with Crippen LogP contribution in [0.15, 0.2) is 24.4 Å². The molecule has 28 heavy (non-hydrogen) atoms. The van der Waals surface area contributed by atoms with Crippen LogP contribution in [0.1, 0.15) is 31.7 Å². The maximum absolute atomic E-state index is 12.6. The van der Waals surface area contributed by atoms with Gasteiger partial charge in [0.25, 0.3) is 0 Å². The average molecular weight is 393 g/mol. The van der Waals surface area contributed by atoms with Crippen LogP contribution in [0.2, 0.25) is 0 Å². The number of carbonyl (C=O) groups excluding carboxylic acids is 1. The molecular weight excluding hydrogens is 367 g/mol. The van der Waals surface area contributed by atoms with E-state index in [1.54, 1.807) is 11.1 Å². The highest BCUT2D eigenvalue weighted by atomic mass is 19.4. The van der Waals surface area contributed by atoms with Crippen LogP contribution >= 0.6 is 0 Å². The zero-order chi connectivity index (χ0) is 19.9. The first-order chi connectivity index (χ1) is 13.3. The summed E-state index contributed by atoms with van der Waals surface area (Å²) in [6.07, 6.45) is 1.82. The molecule has 1 aliphatic heterocycles. The number of hydrogen-bond acceptors (Lipinski definition) is 2. The van der Waals surface area contributed by atoms with Gasteiger partial charge in [-0.15, -0.1) is 0 Å². The van der Waals surface area contributed by atoms with Gasteiger partial charge < -0.3 is 10.3 Å². The number of halogens is 3.